The molecule has 0 saturated heterocycles. The molecule has 0 amide bonds. The lowest BCUT2D eigenvalue weighted by Gasteiger charge is -2.27. The Hall–Kier alpha value is -1.22. The summed E-state index contributed by atoms with van der Waals surface area (Å²) in [6.45, 7) is 2.16. The van der Waals surface area contributed by atoms with E-state index in [4.69, 9.17) is 10.5 Å². The molecule has 1 aromatic rings. The molecule has 2 fully saturated rings. The van der Waals surface area contributed by atoms with Crippen molar-refractivity contribution in [3.05, 3.63) is 23.8 Å². The lowest BCUT2D eigenvalue weighted by molar-refractivity contribution is 0.213. The van der Waals surface area contributed by atoms with Crippen molar-refractivity contribution in [1.82, 2.24) is 4.90 Å². The molecule has 3 nitrogen and oxygen atoms in total. The topological polar surface area (TPSA) is 38.5 Å². The number of rotatable bonds is 5. The van der Waals surface area contributed by atoms with Crippen LogP contribution in [0, 0.1) is 17.8 Å². The van der Waals surface area contributed by atoms with E-state index in [1.165, 1.54) is 37.8 Å². The number of nitrogens with two attached hydrogens (primary N) is 1. The van der Waals surface area contributed by atoms with Crippen molar-refractivity contribution < 1.29 is 4.74 Å². The number of benzene rings is 1. The zero-order chi connectivity index (χ0) is 14.1. The minimum absolute atomic E-state index is 0.765. The summed E-state index contributed by atoms with van der Waals surface area (Å²) in [5.74, 6) is 3.85. The summed E-state index contributed by atoms with van der Waals surface area (Å²) in [5.41, 5.74) is 7.81. The van der Waals surface area contributed by atoms with Crippen LogP contribution < -0.4 is 10.5 Å². The van der Waals surface area contributed by atoms with Gasteiger partial charge in [0, 0.05) is 30.4 Å². The maximum atomic E-state index is 5.81. The lowest BCUT2D eigenvalue weighted by atomic mass is 9.88. The Bertz CT molecular complexity index is 474. The number of fused-ring (bicyclic) bond motifs is 2. The van der Waals surface area contributed by atoms with Crippen LogP contribution in [0.25, 0.3) is 0 Å². The van der Waals surface area contributed by atoms with Crippen LogP contribution in [-0.4, -0.2) is 25.6 Å². The zero-order valence-electron chi connectivity index (χ0n) is 12.6. The van der Waals surface area contributed by atoms with Gasteiger partial charge in [0.15, 0.2) is 0 Å². The highest BCUT2D eigenvalue weighted by atomic mass is 16.5. The first-order valence-corrected chi connectivity index (χ1v) is 7.76. The van der Waals surface area contributed by atoms with Gasteiger partial charge in [-0.05, 0) is 50.1 Å². The first-order valence-electron chi connectivity index (χ1n) is 7.76. The van der Waals surface area contributed by atoms with E-state index in [9.17, 15) is 0 Å². The van der Waals surface area contributed by atoms with Gasteiger partial charge < -0.3 is 15.4 Å². The van der Waals surface area contributed by atoms with Crippen LogP contribution in [-0.2, 0) is 6.54 Å². The van der Waals surface area contributed by atoms with Crippen molar-refractivity contribution in [1.29, 1.82) is 0 Å². The highest BCUT2D eigenvalue weighted by molar-refractivity contribution is 5.48. The minimum Gasteiger partial charge on any atom is -0.496 e. The van der Waals surface area contributed by atoms with E-state index >= 15 is 0 Å². The third kappa shape index (κ3) is 2.78. The summed E-state index contributed by atoms with van der Waals surface area (Å²) in [6, 6.07) is 5.97. The summed E-state index contributed by atoms with van der Waals surface area (Å²) in [7, 11) is 3.94. The average Bonchev–Trinajstić information content (AvgIpc) is 3.03. The normalized spacial score (nSPS) is 28.2. The Balaban J connectivity index is 1.60. The van der Waals surface area contributed by atoms with Crippen LogP contribution in [0.3, 0.4) is 0 Å². The van der Waals surface area contributed by atoms with Crippen molar-refractivity contribution >= 4 is 5.69 Å². The summed E-state index contributed by atoms with van der Waals surface area (Å²) < 4.78 is 5.44. The first-order chi connectivity index (χ1) is 9.65. The second kappa shape index (κ2) is 5.65. The van der Waals surface area contributed by atoms with Gasteiger partial charge in [0.05, 0.1) is 7.11 Å². The quantitative estimate of drug-likeness (QED) is 0.838. The van der Waals surface area contributed by atoms with Gasteiger partial charge in [-0.2, -0.15) is 0 Å². The molecule has 0 heterocycles. The Labute approximate surface area is 122 Å². The standard InChI is InChI=1S/C17H26N2O/c1-19(11-15-8-12-3-4-13(15)7-12)10-14-5-6-16(18)9-17(14)20-2/h5-6,9,12-13,15H,3-4,7-8,10-11,18H2,1-2H3. The Morgan fingerprint density at radius 3 is 2.80 bits per heavy atom. The third-order valence-electron chi connectivity index (χ3n) is 5.18. The molecule has 0 radical (unpaired) electrons. The van der Waals surface area contributed by atoms with Crippen molar-refractivity contribution in [2.24, 2.45) is 17.8 Å². The van der Waals surface area contributed by atoms with Crippen molar-refractivity contribution in [3.8, 4) is 5.75 Å². The van der Waals surface area contributed by atoms with Gasteiger partial charge in [-0.3, -0.25) is 0 Å². The third-order valence-corrected chi connectivity index (χ3v) is 5.18. The van der Waals surface area contributed by atoms with Crippen LogP contribution in [0.2, 0.25) is 0 Å². The Morgan fingerprint density at radius 1 is 1.30 bits per heavy atom. The van der Waals surface area contributed by atoms with Gasteiger partial charge in [0.2, 0.25) is 0 Å². The van der Waals surface area contributed by atoms with Crippen molar-refractivity contribution in [2.45, 2.75) is 32.2 Å². The molecule has 3 atom stereocenters. The first kappa shape index (κ1) is 13.7. The maximum Gasteiger partial charge on any atom is 0.125 e. The molecule has 3 rings (SSSR count). The molecule has 0 spiro atoms. The molecule has 1 aromatic carbocycles. The van der Waals surface area contributed by atoms with E-state index < -0.39 is 0 Å². The van der Waals surface area contributed by atoms with Crippen molar-refractivity contribution in [3.63, 3.8) is 0 Å². The van der Waals surface area contributed by atoms with E-state index in [0.29, 0.717) is 0 Å². The number of hydrogen-bond acceptors (Lipinski definition) is 3. The van der Waals surface area contributed by atoms with Crippen LogP contribution in [0.5, 0.6) is 5.75 Å². The van der Waals surface area contributed by atoms with Gasteiger partial charge in [-0.15, -0.1) is 0 Å². The molecule has 20 heavy (non-hydrogen) atoms. The van der Waals surface area contributed by atoms with Gasteiger partial charge in [0.25, 0.3) is 0 Å². The summed E-state index contributed by atoms with van der Waals surface area (Å²) in [4.78, 5) is 2.44. The molecule has 0 aliphatic heterocycles. The molecular formula is C17H26N2O. The summed E-state index contributed by atoms with van der Waals surface area (Å²) in [5, 5.41) is 0. The number of hydrogen-bond donors (Lipinski definition) is 1. The van der Waals surface area contributed by atoms with E-state index in [-0.39, 0.29) is 0 Å². The second-order valence-corrected chi connectivity index (χ2v) is 6.70. The predicted molar refractivity (Wildman–Crippen MR) is 82.7 cm³/mol. The molecule has 2 aliphatic rings. The number of anilines is 1. The van der Waals surface area contributed by atoms with Gasteiger partial charge in [-0.1, -0.05) is 12.5 Å². The maximum absolute atomic E-state index is 5.81. The number of nitrogens with zero attached hydrogens (tertiary/aromatic N) is 1. The van der Waals surface area contributed by atoms with Gasteiger partial charge >= 0.3 is 0 Å². The Morgan fingerprint density at radius 2 is 2.15 bits per heavy atom. The van der Waals surface area contributed by atoms with Crippen molar-refractivity contribution in [2.75, 3.05) is 26.4 Å². The fourth-order valence-corrected chi connectivity index (χ4v) is 4.25. The molecule has 0 aromatic heterocycles. The number of methoxy groups -OCH3 is 1. The van der Waals surface area contributed by atoms with E-state index in [1.54, 1.807) is 7.11 Å². The fourth-order valence-electron chi connectivity index (χ4n) is 4.25. The second-order valence-electron chi connectivity index (χ2n) is 6.70. The predicted octanol–water partition coefficient (Wildman–Crippen LogP) is 3.15. The van der Waals surface area contributed by atoms with Crippen LogP contribution in [0.1, 0.15) is 31.2 Å². The van der Waals surface area contributed by atoms with Crippen LogP contribution in [0.4, 0.5) is 5.69 Å². The fraction of sp³-hybridized carbons (Fsp3) is 0.647. The Kier molecular flexibility index (Phi) is 3.88. The van der Waals surface area contributed by atoms with Crippen LogP contribution >= 0.6 is 0 Å². The molecule has 2 N–H and O–H groups in total. The van der Waals surface area contributed by atoms with E-state index in [1.807, 2.05) is 12.1 Å². The molecule has 3 heteroatoms. The smallest absolute Gasteiger partial charge is 0.125 e. The monoisotopic (exact) mass is 274 g/mol. The lowest BCUT2D eigenvalue weighted by Crippen LogP contribution is -2.28. The number of nitrogen functional groups attached to an aromatic ring is 1. The van der Waals surface area contributed by atoms with Gasteiger partial charge in [-0.25, -0.2) is 0 Å². The van der Waals surface area contributed by atoms with E-state index in [0.717, 1.165) is 35.7 Å². The molecule has 3 unspecified atom stereocenters. The SMILES string of the molecule is COc1cc(N)ccc1CN(C)CC1CC2CCC1C2. The summed E-state index contributed by atoms with van der Waals surface area (Å²) in [6.07, 6.45) is 5.89. The number of ether oxygens (including phenoxy) is 1. The molecular weight excluding hydrogens is 248 g/mol. The summed E-state index contributed by atoms with van der Waals surface area (Å²) >= 11 is 0. The average molecular weight is 274 g/mol. The van der Waals surface area contributed by atoms with Crippen LogP contribution in [0.15, 0.2) is 18.2 Å². The van der Waals surface area contributed by atoms with Gasteiger partial charge in [0.1, 0.15) is 5.75 Å². The largest absolute Gasteiger partial charge is 0.496 e. The molecule has 2 saturated carbocycles. The van der Waals surface area contributed by atoms with E-state index in [2.05, 4.69) is 18.0 Å². The zero-order valence-corrected chi connectivity index (χ0v) is 12.6. The molecule has 110 valence electrons. The highest BCUT2D eigenvalue weighted by Gasteiger charge is 2.39. The molecule has 2 aliphatic carbocycles. The minimum atomic E-state index is 0.765. The molecule has 2 bridgehead atoms. The highest BCUT2D eigenvalue weighted by Crippen LogP contribution is 2.48.